The van der Waals surface area contributed by atoms with Crippen molar-refractivity contribution < 1.29 is 0 Å². The van der Waals surface area contributed by atoms with Crippen molar-refractivity contribution in [3.63, 3.8) is 0 Å². The topological polar surface area (TPSA) is 15.3 Å². The fraction of sp³-hybridized carbons (Fsp3) is 1.00. The van der Waals surface area contributed by atoms with Gasteiger partial charge < -0.3 is 5.32 Å². The third-order valence-electron chi connectivity index (χ3n) is 3.32. The molecule has 0 unspecified atom stereocenters. The van der Waals surface area contributed by atoms with Crippen LogP contribution in [0.25, 0.3) is 0 Å². The smallest absolute Gasteiger partial charge is 0.0451 e. The molecule has 3 heterocycles. The van der Waals surface area contributed by atoms with Gasteiger partial charge in [0.15, 0.2) is 0 Å². The lowest BCUT2D eigenvalue weighted by Crippen LogP contribution is -2.35. The Balaban J connectivity index is 1.84. The highest BCUT2D eigenvalue weighted by Crippen LogP contribution is 2.38. The molecule has 62 valence electrons. The quantitative estimate of drug-likeness (QED) is 0.565. The highest BCUT2D eigenvalue weighted by atomic mass is 32.2. The molecule has 0 aromatic rings. The number of nitrogens with one attached hydrogen (secondary N) is 1. The van der Waals surface area contributed by atoms with E-state index in [1.807, 2.05) is 0 Å². The number of hydrogen-bond donors (Lipinski definition) is 1. The second kappa shape index (κ2) is 2.38. The van der Waals surface area contributed by atoms with Crippen LogP contribution in [0.4, 0.5) is 0 Å². The fourth-order valence-electron chi connectivity index (χ4n) is 2.76. The standard InChI is InChI=1S/C8H14N2S/c1-6-2-9-3-8(6)10-5-11-4-7(1)10/h6-9H,1-5H2/t6-,7+,8+/m0/s1. The molecule has 11 heavy (non-hydrogen) atoms. The first-order chi connectivity index (χ1) is 5.45. The van der Waals surface area contributed by atoms with Crippen molar-refractivity contribution in [1.82, 2.24) is 10.2 Å². The summed E-state index contributed by atoms with van der Waals surface area (Å²) in [5, 5.41) is 3.49. The zero-order valence-electron chi connectivity index (χ0n) is 6.62. The predicted molar refractivity (Wildman–Crippen MR) is 47.7 cm³/mol. The number of nitrogens with zero attached hydrogens (tertiary/aromatic N) is 1. The number of rotatable bonds is 0. The van der Waals surface area contributed by atoms with Crippen LogP contribution in [-0.2, 0) is 0 Å². The average molecular weight is 170 g/mol. The first-order valence-electron chi connectivity index (χ1n) is 4.49. The Morgan fingerprint density at radius 2 is 2.36 bits per heavy atom. The minimum Gasteiger partial charge on any atom is -0.315 e. The Hall–Kier alpha value is 0.270. The first-order valence-corrected chi connectivity index (χ1v) is 5.65. The second-order valence-corrected chi connectivity index (χ2v) is 4.89. The highest BCUT2D eigenvalue weighted by molar-refractivity contribution is 7.99. The van der Waals surface area contributed by atoms with Crippen LogP contribution in [0.5, 0.6) is 0 Å². The molecule has 0 aliphatic carbocycles. The average Bonchev–Trinajstić information content (AvgIpc) is 2.52. The maximum Gasteiger partial charge on any atom is 0.0451 e. The summed E-state index contributed by atoms with van der Waals surface area (Å²) >= 11 is 2.11. The van der Waals surface area contributed by atoms with Gasteiger partial charge in [0, 0.05) is 30.3 Å². The number of thioether (sulfide) groups is 1. The predicted octanol–water partition coefficient (Wildman–Crippen LogP) is 0.353. The monoisotopic (exact) mass is 170 g/mol. The largest absolute Gasteiger partial charge is 0.315 e. The molecule has 0 amide bonds. The van der Waals surface area contributed by atoms with E-state index in [2.05, 4.69) is 22.0 Å². The van der Waals surface area contributed by atoms with Crippen LogP contribution in [0, 0.1) is 5.92 Å². The Labute approximate surface area is 71.7 Å². The van der Waals surface area contributed by atoms with E-state index in [0.29, 0.717) is 0 Å². The Kier molecular flexibility index (Phi) is 1.46. The van der Waals surface area contributed by atoms with Crippen molar-refractivity contribution in [3.8, 4) is 0 Å². The summed E-state index contributed by atoms with van der Waals surface area (Å²) in [5.74, 6) is 3.68. The molecule has 3 aliphatic heterocycles. The van der Waals surface area contributed by atoms with Crippen LogP contribution < -0.4 is 5.32 Å². The van der Waals surface area contributed by atoms with E-state index >= 15 is 0 Å². The maximum atomic E-state index is 3.49. The van der Waals surface area contributed by atoms with Gasteiger partial charge in [-0.3, -0.25) is 4.90 Å². The molecule has 3 saturated heterocycles. The first kappa shape index (κ1) is 6.75. The van der Waals surface area contributed by atoms with Gasteiger partial charge in [-0.1, -0.05) is 0 Å². The van der Waals surface area contributed by atoms with Gasteiger partial charge >= 0.3 is 0 Å². The van der Waals surface area contributed by atoms with E-state index < -0.39 is 0 Å². The third-order valence-corrected chi connectivity index (χ3v) is 4.43. The molecule has 3 heteroatoms. The van der Waals surface area contributed by atoms with Crippen LogP contribution in [0.15, 0.2) is 0 Å². The summed E-state index contributed by atoms with van der Waals surface area (Å²) in [6.07, 6.45) is 1.46. The molecule has 0 aromatic carbocycles. The van der Waals surface area contributed by atoms with Gasteiger partial charge in [-0.15, -0.1) is 11.8 Å². The molecular weight excluding hydrogens is 156 g/mol. The molecule has 3 rings (SSSR count). The SMILES string of the molecule is C1NC[C@@H]2[C@H]1C[C@@H]1CSCN12. The van der Waals surface area contributed by atoms with E-state index in [1.165, 1.54) is 31.1 Å². The molecule has 3 fully saturated rings. The highest BCUT2D eigenvalue weighted by Gasteiger charge is 2.45. The van der Waals surface area contributed by atoms with Crippen molar-refractivity contribution in [3.05, 3.63) is 0 Å². The van der Waals surface area contributed by atoms with Gasteiger partial charge in [0.05, 0.1) is 0 Å². The second-order valence-electron chi connectivity index (χ2n) is 3.89. The summed E-state index contributed by atoms with van der Waals surface area (Å²) in [4.78, 5) is 2.72. The van der Waals surface area contributed by atoms with E-state index in [4.69, 9.17) is 0 Å². The van der Waals surface area contributed by atoms with Crippen LogP contribution in [0.3, 0.4) is 0 Å². The fourth-order valence-corrected chi connectivity index (χ4v) is 4.08. The van der Waals surface area contributed by atoms with Crippen LogP contribution in [0.1, 0.15) is 6.42 Å². The third kappa shape index (κ3) is 0.879. The molecule has 3 aliphatic rings. The Morgan fingerprint density at radius 1 is 1.36 bits per heavy atom. The van der Waals surface area contributed by atoms with Crippen LogP contribution in [0.2, 0.25) is 0 Å². The lowest BCUT2D eigenvalue weighted by Gasteiger charge is -2.20. The van der Waals surface area contributed by atoms with E-state index in [0.717, 1.165) is 18.0 Å². The summed E-state index contributed by atoms with van der Waals surface area (Å²) < 4.78 is 0. The van der Waals surface area contributed by atoms with Crippen molar-refractivity contribution >= 4 is 11.8 Å². The minimum atomic E-state index is 0.898. The molecule has 0 saturated carbocycles. The van der Waals surface area contributed by atoms with Crippen molar-refractivity contribution in [1.29, 1.82) is 0 Å². The summed E-state index contributed by atoms with van der Waals surface area (Å²) in [6, 6.07) is 1.84. The number of fused-ring (bicyclic) bond motifs is 3. The number of hydrogen-bond acceptors (Lipinski definition) is 3. The molecule has 1 N–H and O–H groups in total. The Morgan fingerprint density at radius 3 is 3.36 bits per heavy atom. The summed E-state index contributed by atoms with van der Waals surface area (Å²) in [5.41, 5.74) is 0. The lowest BCUT2D eigenvalue weighted by molar-refractivity contribution is 0.259. The minimum absolute atomic E-state index is 0.898. The van der Waals surface area contributed by atoms with Crippen LogP contribution >= 0.6 is 11.8 Å². The van der Waals surface area contributed by atoms with E-state index in [-0.39, 0.29) is 0 Å². The molecule has 0 radical (unpaired) electrons. The van der Waals surface area contributed by atoms with Gasteiger partial charge in [-0.2, -0.15) is 0 Å². The van der Waals surface area contributed by atoms with Crippen LogP contribution in [-0.4, -0.2) is 41.7 Å². The van der Waals surface area contributed by atoms with Crippen molar-refractivity contribution in [2.75, 3.05) is 24.7 Å². The van der Waals surface area contributed by atoms with Gasteiger partial charge in [0.1, 0.15) is 0 Å². The summed E-state index contributed by atoms with van der Waals surface area (Å²) in [7, 11) is 0. The van der Waals surface area contributed by atoms with Gasteiger partial charge in [0.25, 0.3) is 0 Å². The summed E-state index contributed by atoms with van der Waals surface area (Å²) in [6.45, 7) is 2.53. The molecular formula is C8H14N2S. The van der Waals surface area contributed by atoms with Gasteiger partial charge in [0.2, 0.25) is 0 Å². The van der Waals surface area contributed by atoms with Crippen molar-refractivity contribution in [2.24, 2.45) is 5.92 Å². The molecule has 2 nitrogen and oxygen atoms in total. The van der Waals surface area contributed by atoms with Crippen molar-refractivity contribution in [2.45, 2.75) is 18.5 Å². The molecule has 3 atom stereocenters. The van der Waals surface area contributed by atoms with Gasteiger partial charge in [-0.05, 0) is 18.9 Å². The molecule has 0 aromatic heterocycles. The molecule has 0 spiro atoms. The van der Waals surface area contributed by atoms with E-state index in [1.54, 1.807) is 0 Å². The molecule has 0 bridgehead atoms. The lowest BCUT2D eigenvalue weighted by atomic mass is 10.0. The Bertz CT molecular complexity index is 155. The van der Waals surface area contributed by atoms with E-state index in [9.17, 15) is 0 Å². The normalized spacial score (nSPS) is 49.6. The maximum absolute atomic E-state index is 3.49. The zero-order chi connectivity index (χ0) is 7.26. The zero-order valence-corrected chi connectivity index (χ0v) is 7.44. The van der Waals surface area contributed by atoms with Gasteiger partial charge in [-0.25, -0.2) is 0 Å².